The number of benzene rings is 2. The van der Waals surface area contributed by atoms with Gasteiger partial charge in [0.15, 0.2) is 0 Å². The van der Waals surface area contributed by atoms with Crippen LogP contribution in [0.4, 0.5) is 0 Å². The van der Waals surface area contributed by atoms with Crippen molar-refractivity contribution in [1.82, 2.24) is 4.90 Å². The Morgan fingerprint density at radius 2 is 1.96 bits per heavy atom. The van der Waals surface area contributed by atoms with E-state index < -0.39 is 6.10 Å². The largest absolute Gasteiger partial charge is 0.497 e. The first-order valence-electron chi connectivity index (χ1n) is 8.68. The Balaban J connectivity index is 0.00000261. The van der Waals surface area contributed by atoms with Crippen molar-refractivity contribution in [1.29, 1.82) is 0 Å². The average Bonchev–Trinajstić information content (AvgIpc) is 2.67. The predicted molar refractivity (Wildman–Crippen MR) is 111 cm³/mol. The molecule has 5 nitrogen and oxygen atoms in total. The van der Waals surface area contributed by atoms with Gasteiger partial charge in [-0.1, -0.05) is 34.1 Å². The van der Waals surface area contributed by atoms with Gasteiger partial charge in [0.2, 0.25) is 0 Å². The molecule has 1 N–H and O–H groups in total. The van der Waals surface area contributed by atoms with Crippen LogP contribution >= 0.6 is 28.3 Å². The zero-order valence-corrected chi connectivity index (χ0v) is 17.6. The first-order chi connectivity index (χ1) is 12.6. The van der Waals surface area contributed by atoms with Crippen LogP contribution in [0.5, 0.6) is 11.5 Å². The predicted octanol–water partition coefficient (Wildman–Crippen LogP) is 3.69. The monoisotopic (exact) mass is 457 g/mol. The smallest absolute Gasteiger partial charge is 0.123 e. The highest BCUT2D eigenvalue weighted by molar-refractivity contribution is 9.10. The van der Waals surface area contributed by atoms with Crippen molar-refractivity contribution in [2.75, 3.05) is 40.0 Å². The van der Waals surface area contributed by atoms with Crippen molar-refractivity contribution in [3.63, 3.8) is 0 Å². The van der Waals surface area contributed by atoms with Gasteiger partial charge in [-0.3, -0.25) is 4.90 Å². The van der Waals surface area contributed by atoms with Gasteiger partial charge in [0.25, 0.3) is 0 Å². The number of nitrogens with zero attached hydrogens (tertiary/aromatic N) is 1. The van der Waals surface area contributed by atoms with Gasteiger partial charge >= 0.3 is 0 Å². The molecule has 2 atom stereocenters. The van der Waals surface area contributed by atoms with Gasteiger partial charge in [-0.15, -0.1) is 12.4 Å². The number of halogens is 2. The number of ether oxygens (including phenoxy) is 3. The normalized spacial score (nSPS) is 18.4. The zero-order chi connectivity index (χ0) is 18.4. The molecule has 0 radical (unpaired) electrons. The van der Waals surface area contributed by atoms with Crippen LogP contribution in [0.25, 0.3) is 0 Å². The molecular formula is C20H25BrClNO4. The number of aliphatic hydroxyl groups is 1. The molecule has 1 saturated heterocycles. The van der Waals surface area contributed by atoms with Crippen molar-refractivity contribution in [3.8, 4) is 11.5 Å². The van der Waals surface area contributed by atoms with Gasteiger partial charge in [-0.2, -0.15) is 0 Å². The van der Waals surface area contributed by atoms with Gasteiger partial charge in [0.1, 0.15) is 24.2 Å². The summed E-state index contributed by atoms with van der Waals surface area (Å²) in [6.07, 6.45) is -0.534. The highest BCUT2D eigenvalue weighted by atomic mass is 79.9. The Morgan fingerprint density at radius 3 is 2.70 bits per heavy atom. The van der Waals surface area contributed by atoms with E-state index in [0.717, 1.165) is 28.9 Å². The second-order valence-corrected chi connectivity index (χ2v) is 7.23. The van der Waals surface area contributed by atoms with E-state index >= 15 is 0 Å². The van der Waals surface area contributed by atoms with E-state index in [2.05, 4.69) is 33.0 Å². The lowest BCUT2D eigenvalue weighted by molar-refractivity contribution is -0.0459. The summed E-state index contributed by atoms with van der Waals surface area (Å²) in [5.74, 6) is 1.43. The van der Waals surface area contributed by atoms with Crippen molar-refractivity contribution in [3.05, 3.63) is 58.6 Å². The van der Waals surface area contributed by atoms with Crippen molar-refractivity contribution >= 4 is 28.3 Å². The molecule has 0 saturated carbocycles. The summed E-state index contributed by atoms with van der Waals surface area (Å²) in [5.41, 5.74) is 1.15. The molecule has 0 amide bonds. The molecule has 3 rings (SSSR count). The SMILES string of the molecule is COc1cccc(OCC(O)CN2CCOC(c3ccc(Br)cc3)C2)c1.Cl. The number of morpholine rings is 1. The third-order valence-corrected chi connectivity index (χ3v) is 4.87. The highest BCUT2D eigenvalue weighted by Gasteiger charge is 2.23. The minimum atomic E-state index is -0.565. The Morgan fingerprint density at radius 1 is 1.22 bits per heavy atom. The fourth-order valence-electron chi connectivity index (χ4n) is 2.98. The minimum absolute atomic E-state index is 0. The summed E-state index contributed by atoms with van der Waals surface area (Å²) in [7, 11) is 1.62. The summed E-state index contributed by atoms with van der Waals surface area (Å²) >= 11 is 3.45. The van der Waals surface area contributed by atoms with Crippen LogP contribution in [0, 0.1) is 0 Å². The molecule has 2 aromatic rings. The molecule has 1 fully saturated rings. The fourth-order valence-corrected chi connectivity index (χ4v) is 3.25. The van der Waals surface area contributed by atoms with E-state index in [0.29, 0.717) is 18.9 Å². The Labute approximate surface area is 174 Å². The number of hydrogen-bond donors (Lipinski definition) is 1. The second kappa shape index (κ2) is 10.9. The molecule has 0 aromatic heterocycles. The van der Waals surface area contributed by atoms with Crippen LogP contribution in [0.2, 0.25) is 0 Å². The first-order valence-corrected chi connectivity index (χ1v) is 9.47. The van der Waals surface area contributed by atoms with Crippen LogP contribution in [-0.2, 0) is 4.74 Å². The molecule has 1 aliphatic heterocycles. The standard InChI is InChI=1S/C20H24BrNO4.ClH/c1-24-18-3-2-4-19(11-18)26-14-17(23)12-22-9-10-25-20(13-22)15-5-7-16(21)8-6-15;/h2-8,11,17,20,23H,9-10,12-14H2,1H3;1H. The fraction of sp³-hybridized carbons (Fsp3) is 0.400. The van der Waals surface area contributed by atoms with E-state index in [-0.39, 0.29) is 25.1 Å². The Bertz CT molecular complexity index is 701. The minimum Gasteiger partial charge on any atom is -0.497 e. The highest BCUT2D eigenvalue weighted by Crippen LogP contribution is 2.24. The van der Waals surface area contributed by atoms with Crippen molar-refractivity contribution < 1.29 is 19.3 Å². The first kappa shape index (κ1) is 22.0. The molecule has 7 heteroatoms. The zero-order valence-electron chi connectivity index (χ0n) is 15.2. The van der Waals surface area contributed by atoms with E-state index in [9.17, 15) is 5.11 Å². The number of methoxy groups -OCH3 is 1. The van der Waals surface area contributed by atoms with E-state index in [1.54, 1.807) is 7.11 Å². The van der Waals surface area contributed by atoms with Crippen LogP contribution < -0.4 is 9.47 Å². The molecule has 2 unspecified atom stereocenters. The van der Waals surface area contributed by atoms with Gasteiger partial charge in [-0.05, 0) is 29.8 Å². The number of β-amino-alcohol motifs (C(OH)–C–C–N with tert-alkyl or cyclic N) is 1. The molecule has 148 valence electrons. The van der Waals surface area contributed by atoms with Crippen molar-refractivity contribution in [2.24, 2.45) is 0 Å². The molecule has 0 aliphatic carbocycles. The summed E-state index contributed by atoms with van der Waals surface area (Å²) < 4.78 is 17.8. The maximum atomic E-state index is 10.3. The van der Waals surface area contributed by atoms with Crippen molar-refractivity contribution in [2.45, 2.75) is 12.2 Å². The third kappa shape index (κ3) is 6.66. The molecular weight excluding hydrogens is 434 g/mol. The van der Waals surface area contributed by atoms with Gasteiger partial charge < -0.3 is 19.3 Å². The number of aliphatic hydroxyl groups excluding tert-OH is 1. The van der Waals surface area contributed by atoms with E-state index in [1.807, 2.05) is 36.4 Å². The summed E-state index contributed by atoms with van der Waals surface area (Å²) in [6, 6.07) is 15.6. The molecule has 27 heavy (non-hydrogen) atoms. The van der Waals surface area contributed by atoms with Crippen LogP contribution in [0.15, 0.2) is 53.0 Å². The Hall–Kier alpha value is -1.31. The quantitative estimate of drug-likeness (QED) is 0.686. The topological polar surface area (TPSA) is 51.2 Å². The molecule has 2 aromatic carbocycles. The lowest BCUT2D eigenvalue weighted by Gasteiger charge is -2.34. The second-order valence-electron chi connectivity index (χ2n) is 6.31. The lowest BCUT2D eigenvalue weighted by atomic mass is 10.1. The number of hydrogen-bond acceptors (Lipinski definition) is 5. The maximum absolute atomic E-state index is 10.3. The summed E-state index contributed by atoms with van der Waals surface area (Å²) in [5, 5.41) is 10.3. The summed E-state index contributed by atoms with van der Waals surface area (Å²) in [4.78, 5) is 2.22. The Kier molecular flexibility index (Phi) is 8.86. The lowest BCUT2D eigenvalue weighted by Crippen LogP contribution is -2.43. The average molecular weight is 459 g/mol. The summed E-state index contributed by atoms with van der Waals surface area (Å²) in [6.45, 7) is 3.03. The maximum Gasteiger partial charge on any atom is 0.123 e. The van der Waals surface area contributed by atoms with Gasteiger partial charge in [-0.25, -0.2) is 0 Å². The van der Waals surface area contributed by atoms with Gasteiger partial charge in [0.05, 0.1) is 19.8 Å². The van der Waals surface area contributed by atoms with Crippen LogP contribution in [0.3, 0.4) is 0 Å². The van der Waals surface area contributed by atoms with E-state index in [1.165, 1.54) is 0 Å². The van der Waals surface area contributed by atoms with Gasteiger partial charge in [0, 0.05) is 30.2 Å². The van der Waals surface area contributed by atoms with E-state index in [4.69, 9.17) is 14.2 Å². The number of rotatable bonds is 7. The van der Waals surface area contributed by atoms with Crippen LogP contribution in [-0.4, -0.2) is 56.1 Å². The van der Waals surface area contributed by atoms with Crippen LogP contribution in [0.1, 0.15) is 11.7 Å². The molecule has 1 aliphatic rings. The molecule has 1 heterocycles. The third-order valence-electron chi connectivity index (χ3n) is 4.34. The molecule has 0 spiro atoms. The molecule has 0 bridgehead atoms.